The van der Waals surface area contributed by atoms with E-state index >= 15 is 0 Å². The molecule has 1 saturated heterocycles. The van der Waals surface area contributed by atoms with Crippen LogP contribution in [0.5, 0.6) is 5.75 Å². The highest BCUT2D eigenvalue weighted by molar-refractivity contribution is 7.89. The monoisotopic (exact) mass is 449 g/mol. The summed E-state index contributed by atoms with van der Waals surface area (Å²) < 4.78 is 40.8. The highest BCUT2D eigenvalue weighted by atomic mass is 32.2. The van der Waals surface area contributed by atoms with Crippen molar-refractivity contribution in [3.8, 4) is 5.75 Å². The largest absolute Gasteiger partial charge is 0.497 e. The summed E-state index contributed by atoms with van der Waals surface area (Å²) in [5, 5.41) is 0. The molecular weight excluding hydrogens is 418 g/mol. The maximum Gasteiger partial charge on any atom is 0.355 e. The number of sulfonamides is 1. The molecule has 9 heteroatoms. The lowest BCUT2D eigenvalue weighted by Crippen LogP contribution is -2.48. The average molecular weight is 450 g/mol. The number of carbonyl (C=O) groups excluding carboxylic acids is 1. The summed E-state index contributed by atoms with van der Waals surface area (Å²) in [5.41, 5.74) is 2.34. The molecule has 0 unspecified atom stereocenters. The van der Waals surface area contributed by atoms with Crippen LogP contribution in [0.15, 0.2) is 29.2 Å². The van der Waals surface area contributed by atoms with Crippen LogP contribution in [0.25, 0.3) is 0 Å². The first-order valence-electron chi connectivity index (χ1n) is 10.5. The second kappa shape index (κ2) is 9.32. The second-order valence-electron chi connectivity index (χ2n) is 7.45. The van der Waals surface area contributed by atoms with Gasteiger partial charge in [-0.1, -0.05) is 6.07 Å². The third-order valence-electron chi connectivity index (χ3n) is 5.74. The smallest absolute Gasteiger partial charge is 0.355 e. The number of ether oxygens (including phenoxy) is 2. The van der Waals surface area contributed by atoms with Gasteiger partial charge in [-0.2, -0.15) is 4.31 Å². The van der Waals surface area contributed by atoms with Crippen molar-refractivity contribution in [1.29, 1.82) is 0 Å². The predicted molar refractivity (Wildman–Crippen MR) is 120 cm³/mol. The Morgan fingerprint density at radius 2 is 1.77 bits per heavy atom. The summed E-state index contributed by atoms with van der Waals surface area (Å²) >= 11 is 0. The van der Waals surface area contributed by atoms with Crippen molar-refractivity contribution in [1.82, 2.24) is 8.87 Å². The Labute approximate surface area is 184 Å². The number of hydrogen-bond donors (Lipinski definition) is 0. The molecule has 0 saturated carbocycles. The van der Waals surface area contributed by atoms with Gasteiger partial charge in [-0.05, 0) is 39.8 Å². The normalized spacial score (nSPS) is 15.2. The van der Waals surface area contributed by atoms with Gasteiger partial charge in [0.25, 0.3) is 0 Å². The van der Waals surface area contributed by atoms with Gasteiger partial charge in [0.05, 0.1) is 13.7 Å². The quantitative estimate of drug-likeness (QED) is 0.605. The zero-order valence-corrected chi connectivity index (χ0v) is 19.7. The summed E-state index contributed by atoms with van der Waals surface area (Å²) in [5.74, 6) is 0.278. The molecule has 1 aromatic carbocycles. The van der Waals surface area contributed by atoms with E-state index < -0.39 is 16.0 Å². The number of esters is 1. The van der Waals surface area contributed by atoms with E-state index in [1.807, 2.05) is 31.2 Å². The summed E-state index contributed by atoms with van der Waals surface area (Å²) in [6.45, 7) is 9.66. The van der Waals surface area contributed by atoms with Gasteiger partial charge < -0.3 is 18.9 Å². The number of nitrogens with zero attached hydrogens (tertiary/aromatic N) is 3. The molecule has 170 valence electrons. The summed E-state index contributed by atoms with van der Waals surface area (Å²) in [6, 6.07) is 7.75. The minimum atomic E-state index is -3.75. The van der Waals surface area contributed by atoms with Gasteiger partial charge in [0.15, 0.2) is 0 Å². The molecule has 3 rings (SSSR count). The number of rotatable bonds is 7. The third kappa shape index (κ3) is 4.29. The number of aromatic nitrogens is 1. The van der Waals surface area contributed by atoms with Gasteiger partial charge in [0.2, 0.25) is 10.0 Å². The van der Waals surface area contributed by atoms with Crippen LogP contribution in [0.1, 0.15) is 35.6 Å². The Balaban J connectivity index is 1.87. The lowest BCUT2D eigenvalue weighted by molar-refractivity contribution is 0.0512. The van der Waals surface area contributed by atoms with E-state index in [0.717, 1.165) is 11.4 Å². The summed E-state index contributed by atoms with van der Waals surface area (Å²) in [7, 11) is -2.12. The van der Waals surface area contributed by atoms with Crippen molar-refractivity contribution >= 4 is 21.7 Å². The van der Waals surface area contributed by atoms with Gasteiger partial charge in [0, 0.05) is 55.7 Å². The minimum absolute atomic E-state index is 0.215. The molecule has 0 bridgehead atoms. The fourth-order valence-electron chi connectivity index (χ4n) is 4.23. The van der Waals surface area contributed by atoms with Gasteiger partial charge >= 0.3 is 5.97 Å². The predicted octanol–water partition coefficient (Wildman–Crippen LogP) is 2.82. The van der Waals surface area contributed by atoms with Crippen molar-refractivity contribution in [3.05, 3.63) is 41.2 Å². The molecule has 0 spiro atoms. The molecule has 1 aliphatic heterocycles. The molecule has 2 aromatic rings. The van der Waals surface area contributed by atoms with Crippen LogP contribution in [0.3, 0.4) is 0 Å². The molecule has 1 aliphatic rings. The van der Waals surface area contributed by atoms with Crippen molar-refractivity contribution in [2.24, 2.45) is 0 Å². The average Bonchev–Trinajstić information content (AvgIpc) is 3.03. The Bertz CT molecular complexity index is 1050. The van der Waals surface area contributed by atoms with Crippen LogP contribution in [0.4, 0.5) is 5.69 Å². The van der Waals surface area contributed by atoms with Crippen LogP contribution < -0.4 is 9.64 Å². The number of carbonyl (C=O) groups is 1. The number of anilines is 1. The lowest BCUT2D eigenvalue weighted by atomic mass is 10.2. The van der Waals surface area contributed by atoms with Gasteiger partial charge in [-0.3, -0.25) is 0 Å². The Hall–Kier alpha value is -2.52. The van der Waals surface area contributed by atoms with E-state index in [1.165, 1.54) is 4.31 Å². The van der Waals surface area contributed by atoms with E-state index in [0.29, 0.717) is 49.7 Å². The first-order valence-corrected chi connectivity index (χ1v) is 12.0. The summed E-state index contributed by atoms with van der Waals surface area (Å²) in [6.07, 6.45) is 0. The van der Waals surface area contributed by atoms with Crippen molar-refractivity contribution in [2.45, 2.75) is 39.1 Å². The molecule has 0 radical (unpaired) electrons. The fourth-order valence-corrected chi connectivity index (χ4v) is 6.10. The van der Waals surface area contributed by atoms with E-state index in [-0.39, 0.29) is 11.5 Å². The van der Waals surface area contributed by atoms with Gasteiger partial charge in [0.1, 0.15) is 16.3 Å². The maximum absolute atomic E-state index is 13.6. The topological polar surface area (TPSA) is 81.1 Å². The van der Waals surface area contributed by atoms with E-state index in [9.17, 15) is 13.2 Å². The molecule has 0 atom stereocenters. The molecule has 0 aliphatic carbocycles. The van der Waals surface area contributed by atoms with E-state index in [2.05, 4.69) is 4.90 Å². The first-order chi connectivity index (χ1) is 14.8. The van der Waals surface area contributed by atoms with Crippen molar-refractivity contribution in [3.63, 3.8) is 0 Å². The maximum atomic E-state index is 13.6. The van der Waals surface area contributed by atoms with Crippen LogP contribution in [-0.4, -0.2) is 63.2 Å². The number of methoxy groups -OCH3 is 1. The van der Waals surface area contributed by atoms with Gasteiger partial charge in [-0.25, -0.2) is 13.2 Å². The third-order valence-corrected chi connectivity index (χ3v) is 7.90. The Kier molecular flexibility index (Phi) is 6.96. The summed E-state index contributed by atoms with van der Waals surface area (Å²) in [4.78, 5) is 14.9. The SMILES string of the molecule is CCOC(=O)c1c(C)c(S(=O)(=O)N2CCN(c3cccc(OC)c3)CC2)c(C)n1CC. The second-order valence-corrected chi connectivity index (χ2v) is 9.32. The van der Waals surface area contributed by atoms with Crippen molar-refractivity contribution < 1.29 is 22.7 Å². The zero-order chi connectivity index (χ0) is 22.8. The molecule has 0 N–H and O–H groups in total. The minimum Gasteiger partial charge on any atom is -0.497 e. The molecule has 8 nitrogen and oxygen atoms in total. The van der Waals surface area contributed by atoms with Crippen LogP contribution in [0, 0.1) is 13.8 Å². The number of piperazine rings is 1. The Morgan fingerprint density at radius 3 is 2.35 bits per heavy atom. The van der Waals surface area contributed by atoms with Crippen LogP contribution in [-0.2, 0) is 21.3 Å². The lowest BCUT2D eigenvalue weighted by Gasteiger charge is -2.35. The molecular formula is C22H31N3O5S. The van der Waals surface area contributed by atoms with Gasteiger partial charge in [-0.15, -0.1) is 0 Å². The molecule has 1 aromatic heterocycles. The molecule has 0 amide bonds. The zero-order valence-electron chi connectivity index (χ0n) is 18.8. The Morgan fingerprint density at radius 1 is 1.10 bits per heavy atom. The fraction of sp³-hybridized carbons (Fsp3) is 0.500. The van der Waals surface area contributed by atoms with E-state index in [1.54, 1.807) is 32.4 Å². The molecule has 1 fully saturated rings. The van der Waals surface area contributed by atoms with E-state index in [4.69, 9.17) is 9.47 Å². The number of hydrogen-bond acceptors (Lipinski definition) is 6. The first kappa shape index (κ1) is 23.1. The molecule has 2 heterocycles. The van der Waals surface area contributed by atoms with Crippen molar-refractivity contribution in [2.75, 3.05) is 44.8 Å². The highest BCUT2D eigenvalue weighted by Gasteiger charge is 2.35. The van der Waals surface area contributed by atoms with Crippen LogP contribution in [0.2, 0.25) is 0 Å². The number of benzene rings is 1. The highest BCUT2D eigenvalue weighted by Crippen LogP contribution is 2.31. The standard InChI is InChI=1S/C22H31N3O5S/c1-6-25-17(4)21(16(3)20(25)22(26)30-7-2)31(27,28)24-13-11-23(12-14-24)18-9-8-10-19(15-18)29-5/h8-10,15H,6-7,11-14H2,1-5H3. The van der Waals surface area contributed by atoms with Crippen LogP contribution >= 0.6 is 0 Å². The molecule has 31 heavy (non-hydrogen) atoms.